The van der Waals surface area contributed by atoms with Crippen LogP contribution in [-0.4, -0.2) is 5.91 Å². The number of primary amides is 1. The summed E-state index contributed by atoms with van der Waals surface area (Å²) >= 11 is 0. The van der Waals surface area contributed by atoms with E-state index in [2.05, 4.69) is 0 Å². The predicted molar refractivity (Wildman–Crippen MR) is 91.2 cm³/mol. The molecule has 3 aromatic carbocycles. The Morgan fingerprint density at radius 3 is 2.17 bits per heavy atom. The van der Waals surface area contributed by atoms with Crippen molar-refractivity contribution < 1.29 is 9.53 Å². The van der Waals surface area contributed by atoms with Crippen molar-refractivity contribution in [2.75, 3.05) is 0 Å². The fraction of sp³-hybridized carbons (Fsp3) is 0.0500. The molecule has 3 nitrogen and oxygen atoms in total. The van der Waals surface area contributed by atoms with Crippen molar-refractivity contribution in [1.29, 1.82) is 0 Å². The summed E-state index contributed by atoms with van der Waals surface area (Å²) in [5, 5.41) is 0. The number of hydrogen-bond donors (Lipinski definition) is 1. The molecule has 0 unspecified atom stereocenters. The molecule has 0 saturated carbocycles. The van der Waals surface area contributed by atoms with Gasteiger partial charge >= 0.3 is 0 Å². The van der Waals surface area contributed by atoms with Gasteiger partial charge in [-0.2, -0.15) is 0 Å². The summed E-state index contributed by atoms with van der Waals surface area (Å²) in [7, 11) is 0. The number of carbonyl (C=O) groups excluding carboxylic acids is 1. The van der Waals surface area contributed by atoms with Gasteiger partial charge in [0.25, 0.3) is 0 Å². The number of ether oxygens (including phenoxy) is 1. The summed E-state index contributed by atoms with van der Waals surface area (Å²) in [5.41, 5.74) is 8.87. The monoisotopic (exact) mass is 303 g/mol. The second kappa shape index (κ2) is 6.79. The van der Waals surface area contributed by atoms with Crippen LogP contribution in [0.15, 0.2) is 78.9 Å². The maximum atomic E-state index is 11.2. The average Bonchev–Trinajstić information content (AvgIpc) is 2.61. The molecule has 0 aliphatic carbocycles. The molecule has 3 aromatic rings. The van der Waals surface area contributed by atoms with Crippen LogP contribution in [0.5, 0.6) is 5.75 Å². The molecule has 0 aliphatic heterocycles. The van der Waals surface area contributed by atoms with Crippen LogP contribution >= 0.6 is 0 Å². The first-order valence-electron chi connectivity index (χ1n) is 7.40. The van der Waals surface area contributed by atoms with Crippen molar-refractivity contribution in [3.63, 3.8) is 0 Å². The van der Waals surface area contributed by atoms with Gasteiger partial charge in [-0.05, 0) is 29.3 Å². The lowest BCUT2D eigenvalue weighted by atomic mass is 10.0. The van der Waals surface area contributed by atoms with Crippen LogP contribution < -0.4 is 10.5 Å². The molecule has 0 heterocycles. The number of rotatable bonds is 5. The van der Waals surface area contributed by atoms with E-state index in [1.165, 1.54) is 0 Å². The SMILES string of the molecule is NC(=O)c1ccc(-c2ccccc2OCc2ccccc2)cc1. The zero-order valence-corrected chi connectivity index (χ0v) is 12.6. The van der Waals surface area contributed by atoms with Crippen molar-refractivity contribution in [3.05, 3.63) is 90.0 Å². The molecule has 0 saturated heterocycles. The first-order valence-corrected chi connectivity index (χ1v) is 7.40. The van der Waals surface area contributed by atoms with Crippen LogP contribution in [-0.2, 0) is 6.61 Å². The van der Waals surface area contributed by atoms with Gasteiger partial charge in [-0.3, -0.25) is 4.79 Å². The summed E-state index contributed by atoms with van der Waals surface area (Å²) in [6.07, 6.45) is 0. The first-order chi connectivity index (χ1) is 11.2. The standard InChI is InChI=1S/C20H17NO2/c21-20(22)17-12-10-16(11-13-17)18-8-4-5-9-19(18)23-14-15-6-2-1-3-7-15/h1-13H,14H2,(H2,21,22). The van der Waals surface area contributed by atoms with E-state index in [9.17, 15) is 4.79 Å². The van der Waals surface area contributed by atoms with E-state index in [1.807, 2.05) is 66.7 Å². The number of hydrogen-bond acceptors (Lipinski definition) is 2. The van der Waals surface area contributed by atoms with Gasteiger partial charge < -0.3 is 10.5 Å². The second-order valence-corrected chi connectivity index (χ2v) is 5.21. The zero-order chi connectivity index (χ0) is 16.1. The smallest absolute Gasteiger partial charge is 0.248 e. The maximum absolute atomic E-state index is 11.2. The van der Waals surface area contributed by atoms with Gasteiger partial charge in [0.15, 0.2) is 0 Å². The minimum absolute atomic E-state index is 0.426. The van der Waals surface area contributed by atoms with E-state index in [4.69, 9.17) is 10.5 Å². The third-order valence-electron chi connectivity index (χ3n) is 3.60. The summed E-state index contributed by atoms with van der Waals surface area (Å²) in [6, 6.07) is 25.1. The Balaban J connectivity index is 1.84. The van der Waals surface area contributed by atoms with Gasteiger partial charge in [0.05, 0.1) is 0 Å². The highest BCUT2D eigenvalue weighted by Crippen LogP contribution is 2.30. The van der Waals surface area contributed by atoms with E-state index in [1.54, 1.807) is 12.1 Å². The molecule has 3 heteroatoms. The second-order valence-electron chi connectivity index (χ2n) is 5.21. The van der Waals surface area contributed by atoms with E-state index >= 15 is 0 Å². The molecular formula is C20H17NO2. The topological polar surface area (TPSA) is 52.3 Å². The summed E-state index contributed by atoms with van der Waals surface area (Å²) in [4.78, 5) is 11.2. The minimum Gasteiger partial charge on any atom is -0.488 e. The lowest BCUT2D eigenvalue weighted by Crippen LogP contribution is -2.10. The fourth-order valence-corrected chi connectivity index (χ4v) is 2.38. The zero-order valence-electron chi connectivity index (χ0n) is 12.6. The van der Waals surface area contributed by atoms with Crippen molar-refractivity contribution >= 4 is 5.91 Å². The number of carbonyl (C=O) groups is 1. The summed E-state index contributed by atoms with van der Waals surface area (Å²) < 4.78 is 5.96. The van der Waals surface area contributed by atoms with Gasteiger partial charge in [-0.1, -0.05) is 60.7 Å². The number of para-hydroxylation sites is 1. The van der Waals surface area contributed by atoms with Gasteiger partial charge in [0.1, 0.15) is 12.4 Å². The molecule has 0 atom stereocenters. The van der Waals surface area contributed by atoms with Gasteiger partial charge in [-0.25, -0.2) is 0 Å². The fourth-order valence-electron chi connectivity index (χ4n) is 2.38. The first kappa shape index (κ1) is 14.9. The van der Waals surface area contributed by atoms with E-state index in [0.717, 1.165) is 22.4 Å². The van der Waals surface area contributed by atoms with Crippen LogP contribution in [0.1, 0.15) is 15.9 Å². The lowest BCUT2D eigenvalue weighted by molar-refractivity contribution is 0.100. The molecule has 114 valence electrons. The highest BCUT2D eigenvalue weighted by atomic mass is 16.5. The molecule has 0 spiro atoms. The highest BCUT2D eigenvalue weighted by molar-refractivity contribution is 5.93. The molecule has 0 fully saturated rings. The lowest BCUT2D eigenvalue weighted by Gasteiger charge is -2.12. The van der Waals surface area contributed by atoms with Crippen molar-refractivity contribution in [2.24, 2.45) is 5.73 Å². The van der Waals surface area contributed by atoms with Crippen LogP contribution in [0.2, 0.25) is 0 Å². The predicted octanol–water partition coefficient (Wildman–Crippen LogP) is 4.03. The third-order valence-corrected chi connectivity index (χ3v) is 3.60. The Morgan fingerprint density at radius 1 is 0.826 bits per heavy atom. The maximum Gasteiger partial charge on any atom is 0.248 e. The van der Waals surface area contributed by atoms with Crippen molar-refractivity contribution in [2.45, 2.75) is 6.61 Å². The largest absolute Gasteiger partial charge is 0.488 e. The van der Waals surface area contributed by atoms with E-state index in [-0.39, 0.29) is 0 Å². The minimum atomic E-state index is -0.426. The Kier molecular flexibility index (Phi) is 4.39. The Bertz CT molecular complexity index is 795. The van der Waals surface area contributed by atoms with E-state index in [0.29, 0.717) is 12.2 Å². The molecule has 23 heavy (non-hydrogen) atoms. The van der Waals surface area contributed by atoms with Gasteiger partial charge in [0.2, 0.25) is 5.91 Å². The Hall–Kier alpha value is -3.07. The highest BCUT2D eigenvalue weighted by Gasteiger charge is 2.07. The molecule has 0 aromatic heterocycles. The van der Waals surface area contributed by atoms with Crippen LogP contribution in [0.3, 0.4) is 0 Å². The van der Waals surface area contributed by atoms with Crippen LogP contribution in [0.25, 0.3) is 11.1 Å². The number of benzene rings is 3. The number of amides is 1. The van der Waals surface area contributed by atoms with Crippen molar-refractivity contribution in [1.82, 2.24) is 0 Å². The normalized spacial score (nSPS) is 10.3. The van der Waals surface area contributed by atoms with Crippen LogP contribution in [0.4, 0.5) is 0 Å². The average molecular weight is 303 g/mol. The molecule has 2 N–H and O–H groups in total. The quantitative estimate of drug-likeness (QED) is 0.773. The van der Waals surface area contributed by atoms with Crippen LogP contribution in [0, 0.1) is 0 Å². The van der Waals surface area contributed by atoms with E-state index < -0.39 is 5.91 Å². The molecule has 0 bridgehead atoms. The molecule has 1 amide bonds. The molecular weight excluding hydrogens is 286 g/mol. The van der Waals surface area contributed by atoms with Crippen molar-refractivity contribution in [3.8, 4) is 16.9 Å². The summed E-state index contributed by atoms with van der Waals surface area (Å²) in [5.74, 6) is 0.383. The number of nitrogens with two attached hydrogens (primary N) is 1. The van der Waals surface area contributed by atoms with Gasteiger partial charge in [-0.15, -0.1) is 0 Å². The third kappa shape index (κ3) is 3.58. The van der Waals surface area contributed by atoms with Gasteiger partial charge in [0, 0.05) is 11.1 Å². The molecule has 0 radical (unpaired) electrons. The summed E-state index contributed by atoms with van der Waals surface area (Å²) in [6.45, 7) is 0.511. The molecule has 0 aliphatic rings. The molecule has 3 rings (SSSR count). The Labute approximate surface area is 135 Å². The Morgan fingerprint density at radius 2 is 1.48 bits per heavy atom.